The SMILES string of the molecule is CC(C)(C)OC(=O)NC1Cc2ccccc2N(Cc2ccc(Cl)c(Cl)c2)C1.CN(C(=O)OC(C)(C)C)C1Cc2ccccc2N(Cc2ccc(Cl)c(Cl)c2)C1. The van der Waals surface area contributed by atoms with Crippen molar-refractivity contribution >= 4 is 70.0 Å². The molecule has 0 radical (unpaired) electrons. The van der Waals surface area contributed by atoms with Crippen molar-refractivity contribution in [2.24, 2.45) is 0 Å². The van der Waals surface area contributed by atoms with Gasteiger partial charge in [0.1, 0.15) is 11.2 Å². The number of hydrogen-bond acceptors (Lipinski definition) is 6. The van der Waals surface area contributed by atoms with Gasteiger partial charge in [0, 0.05) is 44.6 Å². The van der Waals surface area contributed by atoms with Crippen LogP contribution in [0.4, 0.5) is 21.0 Å². The number of amides is 2. The molecule has 0 fully saturated rings. The molecule has 0 bridgehead atoms. The lowest BCUT2D eigenvalue weighted by atomic mass is 9.96. The molecule has 0 aromatic heterocycles. The van der Waals surface area contributed by atoms with E-state index in [9.17, 15) is 9.59 Å². The fraction of sp³-hybridized carbons (Fsp3) is 0.395. The fourth-order valence-corrected chi connectivity index (χ4v) is 7.32. The lowest BCUT2D eigenvalue weighted by molar-refractivity contribution is 0.0223. The van der Waals surface area contributed by atoms with Gasteiger partial charge in [-0.25, -0.2) is 9.59 Å². The maximum atomic E-state index is 12.6. The second kappa shape index (κ2) is 18.0. The van der Waals surface area contributed by atoms with Gasteiger partial charge in [0.15, 0.2) is 0 Å². The minimum absolute atomic E-state index is 0.0209. The van der Waals surface area contributed by atoms with E-state index in [1.807, 2.05) is 109 Å². The summed E-state index contributed by atoms with van der Waals surface area (Å²) < 4.78 is 11.0. The number of likely N-dealkylation sites (N-methyl/N-ethyl adjacent to an activating group) is 1. The van der Waals surface area contributed by atoms with Crippen molar-refractivity contribution in [1.82, 2.24) is 10.2 Å². The highest BCUT2D eigenvalue weighted by molar-refractivity contribution is 6.42. The van der Waals surface area contributed by atoms with E-state index >= 15 is 0 Å². The number of alkyl carbamates (subject to hydrolysis) is 1. The van der Waals surface area contributed by atoms with Crippen LogP contribution >= 0.6 is 46.4 Å². The van der Waals surface area contributed by atoms with Gasteiger partial charge in [0.25, 0.3) is 0 Å². The summed E-state index contributed by atoms with van der Waals surface area (Å²) in [5, 5.41) is 5.19. The lowest BCUT2D eigenvalue weighted by Crippen LogP contribution is -2.50. The second-order valence-electron chi connectivity index (χ2n) is 16.0. The van der Waals surface area contributed by atoms with Crippen LogP contribution < -0.4 is 15.1 Å². The van der Waals surface area contributed by atoms with Gasteiger partial charge in [-0.2, -0.15) is 0 Å². The molecule has 2 amide bonds. The molecule has 55 heavy (non-hydrogen) atoms. The van der Waals surface area contributed by atoms with Crippen LogP contribution in [0.25, 0.3) is 0 Å². The zero-order valence-corrected chi connectivity index (χ0v) is 35.5. The average Bonchev–Trinajstić information content (AvgIpc) is 3.10. The number of carbonyl (C=O) groups excluding carboxylic acids is 2. The summed E-state index contributed by atoms with van der Waals surface area (Å²) in [6.07, 6.45) is 0.879. The summed E-state index contributed by atoms with van der Waals surface area (Å²) in [5.74, 6) is 0. The van der Waals surface area contributed by atoms with Crippen LogP contribution in [-0.2, 0) is 35.4 Å². The highest BCUT2D eigenvalue weighted by atomic mass is 35.5. The van der Waals surface area contributed by atoms with Crippen molar-refractivity contribution in [3.05, 3.63) is 127 Å². The van der Waals surface area contributed by atoms with Gasteiger partial charge in [0.2, 0.25) is 0 Å². The molecule has 0 spiro atoms. The number of fused-ring (bicyclic) bond motifs is 2. The summed E-state index contributed by atoms with van der Waals surface area (Å²) >= 11 is 24.4. The van der Waals surface area contributed by atoms with E-state index in [0.29, 0.717) is 46.3 Å². The Morgan fingerprint density at radius 2 is 1.15 bits per heavy atom. The van der Waals surface area contributed by atoms with Crippen molar-refractivity contribution in [1.29, 1.82) is 0 Å². The number of ether oxygens (including phenoxy) is 2. The number of hydrogen-bond donors (Lipinski definition) is 1. The standard InChI is InChI=1S/C22H26Cl2N2O2.C21H24Cl2N2O2/c1-22(2,3)28-21(27)25(4)17-12-16-7-5-6-8-20(16)26(14-17)13-15-9-10-18(23)19(24)11-15;1-21(2,3)27-20(26)24-16-11-15-6-4-5-7-19(15)25(13-16)12-14-8-9-17(22)18(23)10-14/h5-11,17H,12-14H2,1-4H3;4-10,16H,11-13H2,1-3H3,(H,24,26). The van der Waals surface area contributed by atoms with Crippen LogP contribution in [0.1, 0.15) is 63.8 Å². The molecule has 2 atom stereocenters. The van der Waals surface area contributed by atoms with Crippen LogP contribution in [0.3, 0.4) is 0 Å². The number of nitrogens with zero attached hydrogens (tertiary/aromatic N) is 3. The van der Waals surface area contributed by atoms with Crippen molar-refractivity contribution in [3.63, 3.8) is 0 Å². The number of carbonyl (C=O) groups is 2. The predicted octanol–water partition coefficient (Wildman–Crippen LogP) is 11.2. The Balaban J connectivity index is 0.000000211. The number of halogens is 4. The number of nitrogens with one attached hydrogen (secondary N) is 1. The first-order valence-electron chi connectivity index (χ1n) is 18.3. The molecule has 8 nitrogen and oxygen atoms in total. The molecule has 0 aliphatic carbocycles. The minimum Gasteiger partial charge on any atom is -0.444 e. The van der Waals surface area contributed by atoms with E-state index in [1.54, 1.807) is 4.90 Å². The smallest absolute Gasteiger partial charge is 0.410 e. The number of rotatable bonds is 6. The third kappa shape index (κ3) is 12.1. The molecule has 2 heterocycles. The van der Waals surface area contributed by atoms with Gasteiger partial charge in [-0.15, -0.1) is 0 Å². The molecule has 2 aliphatic rings. The Bertz CT molecular complexity index is 1980. The molecule has 4 aromatic carbocycles. The molecule has 4 aromatic rings. The molecule has 0 saturated carbocycles. The number of benzene rings is 4. The molecule has 1 N–H and O–H groups in total. The van der Waals surface area contributed by atoms with Crippen molar-refractivity contribution in [3.8, 4) is 0 Å². The molecular weight excluding hydrogens is 778 g/mol. The quantitative estimate of drug-likeness (QED) is 0.209. The molecule has 12 heteroatoms. The second-order valence-corrected chi connectivity index (χ2v) is 17.6. The van der Waals surface area contributed by atoms with E-state index in [0.717, 1.165) is 24.0 Å². The van der Waals surface area contributed by atoms with Crippen molar-refractivity contribution < 1.29 is 19.1 Å². The molecule has 6 rings (SSSR count). The highest BCUT2D eigenvalue weighted by Gasteiger charge is 2.32. The Labute approximate surface area is 345 Å². The molecule has 2 unspecified atom stereocenters. The molecule has 2 aliphatic heterocycles. The topological polar surface area (TPSA) is 74.3 Å². The number of para-hydroxylation sites is 2. The van der Waals surface area contributed by atoms with Gasteiger partial charge in [-0.1, -0.05) is 94.9 Å². The van der Waals surface area contributed by atoms with Crippen molar-refractivity contribution in [2.75, 3.05) is 29.9 Å². The minimum atomic E-state index is -0.517. The van der Waals surface area contributed by atoms with Crippen LogP contribution in [0.2, 0.25) is 20.1 Å². The van der Waals surface area contributed by atoms with Gasteiger partial charge in [-0.05, 0) is 113 Å². The third-order valence-corrected chi connectivity index (χ3v) is 10.6. The summed E-state index contributed by atoms with van der Waals surface area (Å²) in [6.45, 7) is 14.0. The van der Waals surface area contributed by atoms with E-state index in [-0.39, 0.29) is 24.3 Å². The largest absolute Gasteiger partial charge is 0.444 e. The monoisotopic (exact) mass is 826 g/mol. The van der Waals surface area contributed by atoms with E-state index in [1.165, 1.54) is 22.5 Å². The van der Waals surface area contributed by atoms with Gasteiger partial charge < -0.3 is 29.5 Å². The zero-order valence-electron chi connectivity index (χ0n) is 32.5. The summed E-state index contributed by atoms with van der Waals surface area (Å²) in [4.78, 5) is 31.0. The van der Waals surface area contributed by atoms with Crippen LogP contribution in [0.5, 0.6) is 0 Å². The Kier molecular flexibility index (Phi) is 13.8. The van der Waals surface area contributed by atoms with Crippen LogP contribution in [-0.4, -0.2) is 60.5 Å². The first-order chi connectivity index (χ1) is 25.8. The molecular formula is C43H50Cl4N4O4. The number of anilines is 2. The fourth-order valence-electron chi connectivity index (χ4n) is 6.68. The van der Waals surface area contributed by atoms with E-state index in [2.05, 4.69) is 39.4 Å². The van der Waals surface area contributed by atoms with Gasteiger partial charge in [0.05, 0.1) is 32.2 Å². The first-order valence-corrected chi connectivity index (χ1v) is 19.9. The maximum absolute atomic E-state index is 12.6. The van der Waals surface area contributed by atoms with Crippen LogP contribution in [0, 0.1) is 0 Å². The molecule has 0 saturated heterocycles. The van der Waals surface area contributed by atoms with Gasteiger partial charge >= 0.3 is 12.2 Å². The summed E-state index contributed by atoms with van der Waals surface area (Å²) in [6, 6.07) is 27.9. The van der Waals surface area contributed by atoms with Crippen LogP contribution in [0.15, 0.2) is 84.9 Å². The average molecular weight is 829 g/mol. The van der Waals surface area contributed by atoms with Gasteiger partial charge in [-0.3, -0.25) is 0 Å². The Morgan fingerprint density at radius 3 is 1.64 bits per heavy atom. The zero-order chi connectivity index (χ0) is 40.1. The Hall–Kier alpha value is -3.82. The van der Waals surface area contributed by atoms with Crippen molar-refractivity contribution in [2.45, 2.75) is 90.8 Å². The van der Waals surface area contributed by atoms with E-state index < -0.39 is 11.2 Å². The van der Waals surface area contributed by atoms with E-state index in [4.69, 9.17) is 55.9 Å². The first kappa shape index (κ1) is 42.3. The summed E-state index contributed by atoms with van der Waals surface area (Å²) in [5.41, 5.74) is 5.88. The predicted molar refractivity (Wildman–Crippen MR) is 226 cm³/mol. The maximum Gasteiger partial charge on any atom is 0.410 e. The Morgan fingerprint density at radius 1 is 0.673 bits per heavy atom. The normalized spacial score (nSPS) is 16.6. The lowest BCUT2D eigenvalue weighted by Gasteiger charge is -2.40. The highest BCUT2D eigenvalue weighted by Crippen LogP contribution is 2.33. The summed E-state index contributed by atoms with van der Waals surface area (Å²) in [7, 11) is 1.81. The third-order valence-electron chi connectivity index (χ3n) is 9.12. The molecule has 294 valence electrons.